The Balaban J connectivity index is 1.64. The first-order valence-electron chi connectivity index (χ1n) is 8.14. The number of nitrogens with one attached hydrogen (secondary N) is 2. The Bertz CT molecular complexity index is 675. The maximum Gasteiger partial charge on any atom is 0.243 e. The molecule has 0 atom stereocenters. The van der Waals surface area contributed by atoms with Gasteiger partial charge < -0.3 is 15.4 Å². The molecule has 0 saturated carbocycles. The van der Waals surface area contributed by atoms with Crippen LogP contribution in [0.1, 0.15) is 13.3 Å². The molecule has 0 saturated heterocycles. The van der Waals surface area contributed by atoms with Crippen LogP contribution in [0.3, 0.4) is 0 Å². The molecule has 5 nitrogen and oxygen atoms in total. The fourth-order valence-corrected chi connectivity index (χ4v) is 2.92. The molecule has 0 spiro atoms. The Kier molecular flexibility index (Phi) is 7.85. The lowest BCUT2D eigenvalue weighted by molar-refractivity contribution is -0.123. The number of carbonyl (C=O) groups excluding carboxylic acids is 2. The molecule has 25 heavy (non-hydrogen) atoms. The second-order valence-corrected chi connectivity index (χ2v) is 6.36. The Hall–Kier alpha value is -2.47. The van der Waals surface area contributed by atoms with Gasteiger partial charge in [-0.3, -0.25) is 9.59 Å². The highest BCUT2D eigenvalue weighted by atomic mass is 32.2. The van der Waals surface area contributed by atoms with Crippen molar-refractivity contribution >= 4 is 29.3 Å². The summed E-state index contributed by atoms with van der Waals surface area (Å²) in [4.78, 5) is 24.8. The molecule has 2 aromatic rings. The zero-order valence-corrected chi connectivity index (χ0v) is 15.0. The monoisotopic (exact) mass is 358 g/mol. The van der Waals surface area contributed by atoms with Gasteiger partial charge in [-0.15, -0.1) is 11.8 Å². The normalized spacial score (nSPS) is 10.1. The Labute approximate surface area is 152 Å². The van der Waals surface area contributed by atoms with E-state index in [0.717, 1.165) is 10.6 Å². The van der Waals surface area contributed by atoms with Crippen molar-refractivity contribution in [2.24, 2.45) is 0 Å². The van der Waals surface area contributed by atoms with Gasteiger partial charge in [-0.25, -0.2) is 0 Å². The number of benzene rings is 2. The number of hydrogen-bond donors (Lipinski definition) is 2. The van der Waals surface area contributed by atoms with E-state index in [4.69, 9.17) is 4.74 Å². The molecule has 0 radical (unpaired) electrons. The first-order chi connectivity index (χ1) is 12.2. The third-order valence-electron chi connectivity index (χ3n) is 3.24. The molecule has 2 amide bonds. The van der Waals surface area contributed by atoms with E-state index < -0.39 is 0 Å². The lowest BCUT2D eigenvalue weighted by atomic mass is 10.3. The van der Waals surface area contributed by atoms with Crippen LogP contribution in [0, 0.1) is 0 Å². The van der Waals surface area contributed by atoms with Crippen molar-refractivity contribution in [1.29, 1.82) is 0 Å². The highest BCUT2D eigenvalue weighted by Crippen LogP contribution is 2.17. The van der Waals surface area contributed by atoms with Crippen molar-refractivity contribution in [3.05, 3.63) is 54.6 Å². The summed E-state index contributed by atoms with van der Waals surface area (Å²) < 4.78 is 5.34. The molecule has 2 rings (SSSR count). The number of hydrogen-bond acceptors (Lipinski definition) is 4. The van der Waals surface area contributed by atoms with Crippen LogP contribution in [0.2, 0.25) is 0 Å². The lowest BCUT2D eigenvalue weighted by Gasteiger charge is -2.08. The maximum absolute atomic E-state index is 11.9. The van der Waals surface area contributed by atoms with E-state index in [1.54, 1.807) is 36.0 Å². The first-order valence-corrected chi connectivity index (χ1v) is 9.13. The largest absolute Gasteiger partial charge is 0.494 e. The maximum atomic E-state index is 11.9. The number of carbonyl (C=O) groups is 2. The zero-order valence-electron chi connectivity index (χ0n) is 14.2. The minimum Gasteiger partial charge on any atom is -0.494 e. The average Bonchev–Trinajstić information content (AvgIpc) is 2.63. The van der Waals surface area contributed by atoms with Gasteiger partial charge >= 0.3 is 0 Å². The fourth-order valence-electron chi connectivity index (χ4n) is 2.05. The predicted molar refractivity (Wildman–Crippen MR) is 101 cm³/mol. The van der Waals surface area contributed by atoms with Gasteiger partial charge in [0, 0.05) is 22.8 Å². The van der Waals surface area contributed by atoms with Gasteiger partial charge in [-0.2, -0.15) is 0 Å². The quantitative estimate of drug-likeness (QED) is 0.675. The topological polar surface area (TPSA) is 67.4 Å². The molecular formula is C19H22N2O3S. The van der Waals surface area contributed by atoms with Gasteiger partial charge in [0.05, 0.1) is 13.2 Å². The molecule has 0 aliphatic heterocycles. The van der Waals surface area contributed by atoms with Crippen molar-refractivity contribution in [3.8, 4) is 5.75 Å². The van der Waals surface area contributed by atoms with Gasteiger partial charge in [0.2, 0.25) is 11.8 Å². The van der Waals surface area contributed by atoms with E-state index >= 15 is 0 Å². The van der Waals surface area contributed by atoms with E-state index in [9.17, 15) is 9.59 Å². The number of thioether (sulfide) groups is 1. The molecule has 0 aromatic heterocycles. The summed E-state index contributed by atoms with van der Waals surface area (Å²) >= 11 is 1.62. The molecular weight excluding hydrogens is 336 g/mol. The standard InChI is InChI=1S/C19H22N2O3S/c1-2-24-16-10-8-15(9-11-16)21-19(23)14-20-18(22)12-13-25-17-6-4-3-5-7-17/h3-11H,2,12-14H2,1H3,(H,20,22)(H,21,23). The minimum atomic E-state index is -0.256. The van der Waals surface area contributed by atoms with E-state index in [1.165, 1.54) is 0 Å². The van der Waals surface area contributed by atoms with E-state index in [1.807, 2.05) is 37.3 Å². The summed E-state index contributed by atoms with van der Waals surface area (Å²) in [6.45, 7) is 2.47. The van der Waals surface area contributed by atoms with Crippen molar-refractivity contribution in [2.75, 3.05) is 24.2 Å². The van der Waals surface area contributed by atoms with Gasteiger partial charge in [-0.05, 0) is 43.3 Å². The Morgan fingerprint density at radius 3 is 2.40 bits per heavy atom. The summed E-state index contributed by atoms with van der Waals surface area (Å²) in [6.07, 6.45) is 0.371. The smallest absolute Gasteiger partial charge is 0.243 e. The van der Waals surface area contributed by atoms with Crippen LogP contribution >= 0.6 is 11.8 Å². The average molecular weight is 358 g/mol. The highest BCUT2D eigenvalue weighted by Gasteiger charge is 2.06. The van der Waals surface area contributed by atoms with Crippen molar-refractivity contribution in [3.63, 3.8) is 0 Å². The van der Waals surface area contributed by atoms with Crippen LogP contribution < -0.4 is 15.4 Å². The van der Waals surface area contributed by atoms with Crippen LogP contribution in [-0.4, -0.2) is 30.7 Å². The summed E-state index contributed by atoms with van der Waals surface area (Å²) in [7, 11) is 0. The molecule has 0 bridgehead atoms. The molecule has 0 fully saturated rings. The highest BCUT2D eigenvalue weighted by molar-refractivity contribution is 7.99. The molecule has 6 heteroatoms. The van der Waals surface area contributed by atoms with E-state index in [-0.39, 0.29) is 18.4 Å². The van der Waals surface area contributed by atoms with Gasteiger partial charge in [0.15, 0.2) is 0 Å². The van der Waals surface area contributed by atoms with Gasteiger partial charge in [-0.1, -0.05) is 18.2 Å². The molecule has 0 aliphatic rings. The Morgan fingerprint density at radius 2 is 1.72 bits per heavy atom. The van der Waals surface area contributed by atoms with Crippen molar-refractivity contribution in [2.45, 2.75) is 18.2 Å². The Morgan fingerprint density at radius 1 is 1.00 bits per heavy atom. The molecule has 2 N–H and O–H groups in total. The van der Waals surface area contributed by atoms with Crippen LogP contribution in [0.15, 0.2) is 59.5 Å². The molecule has 0 aliphatic carbocycles. The second-order valence-electron chi connectivity index (χ2n) is 5.19. The van der Waals surface area contributed by atoms with E-state index in [0.29, 0.717) is 24.5 Å². The third kappa shape index (κ3) is 7.30. The molecule has 0 unspecified atom stereocenters. The summed E-state index contributed by atoms with van der Waals surface area (Å²) in [5.41, 5.74) is 0.669. The summed E-state index contributed by atoms with van der Waals surface area (Å²) in [5.74, 6) is 1.04. The zero-order chi connectivity index (χ0) is 17.9. The van der Waals surface area contributed by atoms with Crippen molar-refractivity contribution < 1.29 is 14.3 Å². The van der Waals surface area contributed by atoms with Crippen LogP contribution in [-0.2, 0) is 9.59 Å². The summed E-state index contributed by atoms with van der Waals surface area (Å²) in [6, 6.07) is 17.0. The number of anilines is 1. The lowest BCUT2D eigenvalue weighted by Crippen LogP contribution is -2.32. The SMILES string of the molecule is CCOc1ccc(NC(=O)CNC(=O)CCSc2ccccc2)cc1. The second kappa shape index (κ2) is 10.4. The van der Waals surface area contributed by atoms with Gasteiger partial charge in [0.1, 0.15) is 5.75 Å². The number of amides is 2. The fraction of sp³-hybridized carbons (Fsp3) is 0.263. The van der Waals surface area contributed by atoms with Gasteiger partial charge in [0.25, 0.3) is 0 Å². The predicted octanol–water partition coefficient (Wildman–Crippen LogP) is 3.32. The summed E-state index contributed by atoms with van der Waals surface area (Å²) in [5, 5.41) is 5.37. The molecule has 132 valence electrons. The van der Waals surface area contributed by atoms with Crippen molar-refractivity contribution in [1.82, 2.24) is 5.32 Å². The van der Waals surface area contributed by atoms with Crippen LogP contribution in [0.25, 0.3) is 0 Å². The van der Waals surface area contributed by atoms with Crippen LogP contribution in [0.5, 0.6) is 5.75 Å². The van der Waals surface area contributed by atoms with E-state index in [2.05, 4.69) is 10.6 Å². The van der Waals surface area contributed by atoms with Crippen LogP contribution in [0.4, 0.5) is 5.69 Å². The third-order valence-corrected chi connectivity index (χ3v) is 4.25. The molecule has 2 aromatic carbocycles. The molecule has 0 heterocycles. The first kappa shape index (κ1) is 18.9. The number of ether oxygens (including phenoxy) is 1. The number of rotatable bonds is 9. The minimum absolute atomic E-state index is 0.0396.